The molecule has 7 heteroatoms. The first-order valence-corrected chi connectivity index (χ1v) is 10.6. The van der Waals surface area contributed by atoms with Crippen molar-refractivity contribution in [1.82, 2.24) is 14.5 Å². The van der Waals surface area contributed by atoms with Crippen LogP contribution in [0.1, 0.15) is 17.2 Å². The summed E-state index contributed by atoms with van der Waals surface area (Å²) >= 11 is 1.46. The number of ether oxygens (including phenoxy) is 1. The van der Waals surface area contributed by atoms with Crippen LogP contribution in [-0.2, 0) is 16.1 Å². The molecule has 4 rings (SSSR count). The largest absolute Gasteiger partial charge is 0.378 e. The van der Waals surface area contributed by atoms with Crippen molar-refractivity contribution in [3.63, 3.8) is 0 Å². The fourth-order valence-corrected chi connectivity index (χ4v) is 4.69. The van der Waals surface area contributed by atoms with E-state index < -0.39 is 5.25 Å². The highest BCUT2D eigenvalue weighted by atomic mass is 32.2. The number of hydrogen-bond acceptors (Lipinski definition) is 5. The van der Waals surface area contributed by atoms with Crippen molar-refractivity contribution in [1.29, 1.82) is 5.26 Å². The van der Waals surface area contributed by atoms with Crippen LogP contribution in [0.15, 0.2) is 59.8 Å². The molecule has 0 aliphatic carbocycles. The van der Waals surface area contributed by atoms with Gasteiger partial charge in [-0.05, 0) is 17.7 Å². The van der Waals surface area contributed by atoms with Crippen molar-refractivity contribution in [2.75, 3.05) is 26.3 Å². The van der Waals surface area contributed by atoms with Crippen LogP contribution in [0, 0.1) is 11.3 Å². The molecule has 0 bridgehead atoms. The van der Waals surface area contributed by atoms with Gasteiger partial charge >= 0.3 is 0 Å². The van der Waals surface area contributed by atoms with Crippen LogP contribution >= 0.6 is 11.8 Å². The van der Waals surface area contributed by atoms with E-state index in [9.17, 15) is 4.79 Å². The van der Waals surface area contributed by atoms with E-state index in [1.807, 2.05) is 64.1 Å². The Labute approximate surface area is 174 Å². The molecule has 29 heavy (non-hydrogen) atoms. The predicted molar refractivity (Wildman–Crippen MR) is 112 cm³/mol. The number of fused-ring (bicyclic) bond motifs is 1. The smallest absolute Gasteiger partial charge is 0.240 e. The molecular weight excluding hydrogens is 384 g/mol. The van der Waals surface area contributed by atoms with Gasteiger partial charge in [-0.1, -0.05) is 54.2 Å². The molecule has 1 aliphatic rings. The van der Waals surface area contributed by atoms with Crippen molar-refractivity contribution in [2.24, 2.45) is 0 Å². The maximum absolute atomic E-state index is 13.4. The number of aryl methyl sites for hydroxylation is 1. The molecule has 6 nitrogen and oxygen atoms in total. The zero-order valence-electron chi connectivity index (χ0n) is 16.0. The Morgan fingerprint density at radius 2 is 1.86 bits per heavy atom. The van der Waals surface area contributed by atoms with Crippen LogP contribution in [0.3, 0.4) is 0 Å². The van der Waals surface area contributed by atoms with E-state index >= 15 is 0 Å². The van der Waals surface area contributed by atoms with Crippen LogP contribution in [-0.4, -0.2) is 46.7 Å². The number of aromatic nitrogens is 2. The summed E-state index contributed by atoms with van der Waals surface area (Å²) in [4.78, 5) is 20.1. The molecule has 1 saturated heterocycles. The zero-order chi connectivity index (χ0) is 20.1. The summed E-state index contributed by atoms with van der Waals surface area (Å²) < 4.78 is 7.46. The molecule has 2 aromatic carbocycles. The minimum absolute atomic E-state index is 0.0726. The SMILES string of the molecule is N#CCCn1c(SC(C(=O)N2CCOCC2)c2ccccc2)nc2ccccc21. The number of rotatable bonds is 6. The highest BCUT2D eigenvalue weighted by Crippen LogP contribution is 2.38. The molecule has 1 fully saturated rings. The molecule has 148 valence electrons. The number of imidazole rings is 1. The number of carbonyl (C=O) groups excluding carboxylic acids is 1. The Morgan fingerprint density at radius 1 is 1.14 bits per heavy atom. The number of para-hydroxylation sites is 2. The summed E-state index contributed by atoms with van der Waals surface area (Å²) in [7, 11) is 0. The lowest BCUT2D eigenvalue weighted by molar-refractivity contribution is -0.134. The van der Waals surface area contributed by atoms with Crippen LogP contribution < -0.4 is 0 Å². The second kappa shape index (κ2) is 9.12. The van der Waals surface area contributed by atoms with Gasteiger partial charge in [-0.2, -0.15) is 5.26 Å². The predicted octanol–water partition coefficient (Wildman–Crippen LogP) is 3.64. The number of nitrogens with zero attached hydrogens (tertiary/aromatic N) is 4. The fourth-order valence-electron chi connectivity index (χ4n) is 3.47. The number of carbonyl (C=O) groups is 1. The van der Waals surface area contributed by atoms with Crippen LogP contribution in [0.5, 0.6) is 0 Å². The lowest BCUT2D eigenvalue weighted by Gasteiger charge is -2.30. The zero-order valence-corrected chi connectivity index (χ0v) is 16.8. The Kier molecular flexibility index (Phi) is 6.13. The Bertz CT molecular complexity index is 1020. The number of benzene rings is 2. The van der Waals surface area contributed by atoms with Crippen molar-refractivity contribution in [3.05, 3.63) is 60.2 Å². The normalized spacial score (nSPS) is 15.2. The molecule has 2 heterocycles. The first-order chi connectivity index (χ1) is 14.3. The summed E-state index contributed by atoms with van der Waals surface area (Å²) in [6.07, 6.45) is 0.390. The first-order valence-electron chi connectivity index (χ1n) is 9.68. The summed E-state index contributed by atoms with van der Waals surface area (Å²) in [6.45, 7) is 2.89. The molecule has 1 atom stereocenters. The van der Waals surface area contributed by atoms with Crippen LogP contribution in [0.2, 0.25) is 0 Å². The van der Waals surface area contributed by atoms with Gasteiger partial charge in [-0.15, -0.1) is 0 Å². The minimum atomic E-state index is -0.396. The maximum atomic E-state index is 13.4. The van der Waals surface area contributed by atoms with E-state index in [4.69, 9.17) is 15.0 Å². The Morgan fingerprint density at radius 3 is 2.62 bits per heavy atom. The average Bonchev–Trinajstić information content (AvgIpc) is 3.14. The molecule has 1 aromatic heterocycles. The van der Waals surface area contributed by atoms with E-state index in [0.717, 1.165) is 21.8 Å². The highest BCUT2D eigenvalue weighted by Gasteiger charge is 2.30. The average molecular weight is 407 g/mol. The standard InChI is InChI=1S/C22H22N4O2S/c23-11-6-12-26-19-10-5-4-9-18(19)24-22(26)29-20(17-7-2-1-3-8-17)21(27)25-13-15-28-16-14-25/h1-5,7-10,20H,6,12-16H2. The highest BCUT2D eigenvalue weighted by molar-refractivity contribution is 8.00. The second-order valence-corrected chi connectivity index (χ2v) is 7.86. The molecule has 1 amide bonds. The van der Waals surface area contributed by atoms with Gasteiger partial charge in [0, 0.05) is 19.6 Å². The van der Waals surface area contributed by atoms with Gasteiger partial charge in [0.05, 0.1) is 36.7 Å². The van der Waals surface area contributed by atoms with Gasteiger partial charge in [-0.25, -0.2) is 4.98 Å². The molecule has 1 unspecified atom stereocenters. The summed E-state index contributed by atoms with van der Waals surface area (Å²) in [6, 6.07) is 19.9. The number of thioether (sulfide) groups is 1. The third-order valence-corrected chi connectivity index (χ3v) is 6.17. The van der Waals surface area contributed by atoms with Crippen molar-refractivity contribution in [3.8, 4) is 6.07 Å². The van der Waals surface area contributed by atoms with Gasteiger partial charge in [0.15, 0.2) is 5.16 Å². The molecule has 0 N–H and O–H groups in total. The first kappa shape index (κ1) is 19.5. The number of amides is 1. The van der Waals surface area contributed by atoms with E-state index in [0.29, 0.717) is 39.3 Å². The van der Waals surface area contributed by atoms with Gasteiger partial charge in [0.25, 0.3) is 0 Å². The van der Waals surface area contributed by atoms with Gasteiger partial charge in [-0.3, -0.25) is 4.79 Å². The van der Waals surface area contributed by atoms with E-state index in [1.54, 1.807) is 0 Å². The third kappa shape index (κ3) is 4.29. The van der Waals surface area contributed by atoms with E-state index in [1.165, 1.54) is 11.8 Å². The number of hydrogen-bond donors (Lipinski definition) is 0. The third-order valence-electron chi connectivity index (χ3n) is 4.94. The summed E-state index contributed by atoms with van der Waals surface area (Å²) in [5.41, 5.74) is 2.81. The van der Waals surface area contributed by atoms with Crippen molar-refractivity contribution >= 4 is 28.7 Å². The van der Waals surface area contributed by atoms with Crippen molar-refractivity contribution in [2.45, 2.75) is 23.4 Å². The number of morpholine rings is 1. The summed E-state index contributed by atoms with van der Waals surface area (Å²) in [5.74, 6) is 0.0726. The lowest BCUT2D eigenvalue weighted by Crippen LogP contribution is -2.42. The van der Waals surface area contributed by atoms with Gasteiger partial charge in [0.2, 0.25) is 5.91 Å². The Balaban J connectivity index is 1.71. The van der Waals surface area contributed by atoms with E-state index in [-0.39, 0.29) is 5.91 Å². The fraction of sp³-hybridized carbons (Fsp3) is 0.318. The minimum Gasteiger partial charge on any atom is -0.378 e. The second-order valence-electron chi connectivity index (χ2n) is 6.79. The van der Waals surface area contributed by atoms with E-state index in [2.05, 4.69) is 6.07 Å². The number of nitriles is 1. The van der Waals surface area contributed by atoms with Crippen LogP contribution in [0.4, 0.5) is 0 Å². The van der Waals surface area contributed by atoms with Gasteiger partial charge in [0.1, 0.15) is 5.25 Å². The molecule has 0 radical (unpaired) electrons. The molecule has 1 aliphatic heterocycles. The monoisotopic (exact) mass is 406 g/mol. The molecule has 0 saturated carbocycles. The van der Waals surface area contributed by atoms with Gasteiger partial charge < -0.3 is 14.2 Å². The Hall–Kier alpha value is -2.82. The maximum Gasteiger partial charge on any atom is 0.240 e. The van der Waals surface area contributed by atoms with Crippen LogP contribution in [0.25, 0.3) is 11.0 Å². The lowest BCUT2D eigenvalue weighted by atomic mass is 10.1. The summed E-state index contributed by atoms with van der Waals surface area (Å²) in [5, 5.41) is 9.45. The van der Waals surface area contributed by atoms with Crippen molar-refractivity contribution < 1.29 is 9.53 Å². The topological polar surface area (TPSA) is 71.2 Å². The molecule has 3 aromatic rings. The quantitative estimate of drug-likeness (QED) is 0.585. The molecule has 0 spiro atoms. The molecular formula is C22H22N4O2S.